The van der Waals surface area contributed by atoms with Crippen LogP contribution in [0.1, 0.15) is 17.4 Å². The highest BCUT2D eigenvalue weighted by Crippen LogP contribution is 2.29. The second-order valence-corrected chi connectivity index (χ2v) is 5.41. The van der Waals surface area contributed by atoms with E-state index < -0.39 is 0 Å². The summed E-state index contributed by atoms with van der Waals surface area (Å²) in [4.78, 5) is 19.2. The molecule has 1 amide bonds. The Balaban J connectivity index is 1.82. The van der Waals surface area contributed by atoms with Gasteiger partial charge in [0.1, 0.15) is 11.4 Å². The number of rotatable bonds is 4. The van der Waals surface area contributed by atoms with Gasteiger partial charge in [0.05, 0.1) is 16.8 Å². The van der Waals surface area contributed by atoms with E-state index in [0.29, 0.717) is 23.1 Å². The lowest BCUT2D eigenvalue weighted by Crippen LogP contribution is -2.11. The lowest BCUT2D eigenvalue weighted by molar-refractivity contribution is 0.102. The van der Waals surface area contributed by atoms with Gasteiger partial charge < -0.3 is 15.5 Å². The highest BCUT2D eigenvalue weighted by molar-refractivity contribution is 7.22. The van der Waals surface area contributed by atoms with Crippen LogP contribution >= 0.6 is 11.3 Å². The Morgan fingerprint density at radius 3 is 3.05 bits per heavy atom. The van der Waals surface area contributed by atoms with Gasteiger partial charge in [-0.05, 0) is 31.2 Å². The standard InChI is InChI=1S/C14H14N4O2S/c1-2-20-9-3-4-10-12(6-9)21-14(17-10)18-13(19)11-5-8(15)7-16-11/h3-7,16H,2,15H2,1H3,(H,17,18,19). The van der Waals surface area contributed by atoms with Crippen LogP contribution in [0, 0.1) is 0 Å². The van der Waals surface area contributed by atoms with Crippen molar-refractivity contribution in [2.45, 2.75) is 6.92 Å². The molecule has 0 bridgehead atoms. The molecule has 0 saturated heterocycles. The molecular weight excluding hydrogens is 288 g/mol. The van der Waals surface area contributed by atoms with Gasteiger partial charge in [-0.25, -0.2) is 4.98 Å². The number of aromatic nitrogens is 2. The first-order valence-electron chi connectivity index (χ1n) is 6.44. The number of carbonyl (C=O) groups excluding carboxylic acids is 1. The fourth-order valence-electron chi connectivity index (χ4n) is 1.92. The lowest BCUT2D eigenvalue weighted by atomic mass is 10.3. The normalized spacial score (nSPS) is 10.7. The van der Waals surface area contributed by atoms with Gasteiger partial charge in [0, 0.05) is 11.9 Å². The number of nitrogens with zero attached hydrogens (tertiary/aromatic N) is 1. The maximum Gasteiger partial charge on any atom is 0.273 e. The van der Waals surface area contributed by atoms with Crippen LogP contribution in [0.2, 0.25) is 0 Å². The third-order valence-electron chi connectivity index (χ3n) is 2.84. The third kappa shape index (κ3) is 2.82. The minimum atomic E-state index is -0.268. The molecule has 21 heavy (non-hydrogen) atoms. The predicted molar refractivity (Wildman–Crippen MR) is 83.9 cm³/mol. The SMILES string of the molecule is CCOc1ccc2nc(NC(=O)c3cc(N)c[nH]3)sc2c1. The molecule has 0 unspecified atom stereocenters. The van der Waals surface area contributed by atoms with Crippen molar-refractivity contribution in [3.63, 3.8) is 0 Å². The summed E-state index contributed by atoms with van der Waals surface area (Å²) >= 11 is 1.40. The molecule has 0 saturated carbocycles. The number of H-pyrrole nitrogens is 1. The molecule has 108 valence electrons. The molecular formula is C14H14N4O2S. The van der Waals surface area contributed by atoms with E-state index in [-0.39, 0.29) is 5.91 Å². The number of aromatic amines is 1. The van der Waals surface area contributed by atoms with Crippen LogP contribution in [0.5, 0.6) is 5.75 Å². The summed E-state index contributed by atoms with van der Waals surface area (Å²) in [5, 5.41) is 3.29. The molecule has 2 heterocycles. The van der Waals surface area contributed by atoms with Crippen molar-refractivity contribution >= 4 is 38.3 Å². The maximum atomic E-state index is 12.0. The predicted octanol–water partition coefficient (Wildman–Crippen LogP) is 2.86. The number of nitrogens with one attached hydrogen (secondary N) is 2. The molecule has 3 aromatic rings. The molecule has 0 spiro atoms. The van der Waals surface area contributed by atoms with E-state index in [1.807, 2.05) is 25.1 Å². The molecule has 0 aliphatic heterocycles. The first-order valence-corrected chi connectivity index (χ1v) is 7.26. The van der Waals surface area contributed by atoms with Crippen LogP contribution in [0.25, 0.3) is 10.2 Å². The first kappa shape index (κ1) is 13.4. The maximum absolute atomic E-state index is 12.0. The molecule has 0 aliphatic carbocycles. The highest BCUT2D eigenvalue weighted by Gasteiger charge is 2.11. The number of benzene rings is 1. The number of fused-ring (bicyclic) bond motifs is 1. The summed E-state index contributed by atoms with van der Waals surface area (Å²) in [6, 6.07) is 7.23. The molecule has 0 radical (unpaired) electrons. The van der Waals surface area contributed by atoms with E-state index in [1.165, 1.54) is 11.3 Å². The van der Waals surface area contributed by atoms with Gasteiger partial charge in [-0.3, -0.25) is 10.1 Å². The second-order valence-electron chi connectivity index (χ2n) is 4.38. The Morgan fingerprint density at radius 2 is 2.33 bits per heavy atom. The van der Waals surface area contributed by atoms with Gasteiger partial charge in [-0.15, -0.1) is 0 Å². The van der Waals surface area contributed by atoms with Crippen molar-refractivity contribution in [1.82, 2.24) is 9.97 Å². The van der Waals surface area contributed by atoms with Gasteiger partial charge in [0.2, 0.25) is 0 Å². The molecule has 6 nitrogen and oxygen atoms in total. The molecule has 2 aromatic heterocycles. The average molecular weight is 302 g/mol. The van der Waals surface area contributed by atoms with Crippen LogP contribution in [-0.4, -0.2) is 22.5 Å². The van der Waals surface area contributed by atoms with Gasteiger partial charge in [0.15, 0.2) is 5.13 Å². The fourth-order valence-corrected chi connectivity index (χ4v) is 2.81. The van der Waals surface area contributed by atoms with E-state index in [4.69, 9.17) is 10.5 Å². The van der Waals surface area contributed by atoms with Crippen molar-refractivity contribution < 1.29 is 9.53 Å². The zero-order chi connectivity index (χ0) is 14.8. The number of ether oxygens (including phenoxy) is 1. The van der Waals surface area contributed by atoms with Crippen molar-refractivity contribution in [1.29, 1.82) is 0 Å². The zero-order valence-corrected chi connectivity index (χ0v) is 12.2. The lowest BCUT2D eigenvalue weighted by Gasteiger charge is -2.00. The van der Waals surface area contributed by atoms with E-state index in [1.54, 1.807) is 12.3 Å². The topological polar surface area (TPSA) is 93.0 Å². The molecule has 3 rings (SSSR count). The Labute approximate surface area is 124 Å². The summed E-state index contributed by atoms with van der Waals surface area (Å²) in [5.41, 5.74) is 7.33. The Kier molecular flexibility index (Phi) is 3.49. The highest BCUT2D eigenvalue weighted by atomic mass is 32.1. The summed E-state index contributed by atoms with van der Waals surface area (Å²) in [6.45, 7) is 2.55. The van der Waals surface area contributed by atoms with Crippen LogP contribution in [0.15, 0.2) is 30.5 Å². The Morgan fingerprint density at radius 1 is 1.48 bits per heavy atom. The van der Waals surface area contributed by atoms with E-state index in [0.717, 1.165) is 16.0 Å². The van der Waals surface area contributed by atoms with Crippen LogP contribution in [0.4, 0.5) is 10.8 Å². The number of hydrogen-bond acceptors (Lipinski definition) is 5. The van der Waals surface area contributed by atoms with Gasteiger partial charge >= 0.3 is 0 Å². The smallest absolute Gasteiger partial charge is 0.273 e. The monoisotopic (exact) mass is 302 g/mol. The number of amides is 1. The number of anilines is 2. The first-order chi connectivity index (χ1) is 10.2. The average Bonchev–Trinajstić information content (AvgIpc) is 3.04. The molecule has 0 atom stereocenters. The molecule has 0 aliphatic rings. The van der Waals surface area contributed by atoms with Gasteiger partial charge in [-0.2, -0.15) is 0 Å². The van der Waals surface area contributed by atoms with Crippen molar-refractivity contribution in [2.75, 3.05) is 17.7 Å². The van der Waals surface area contributed by atoms with Crippen molar-refractivity contribution in [3.8, 4) is 5.75 Å². The van der Waals surface area contributed by atoms with E-state index in [9.17, 15) is 4.79 Å². The number of thiazole rings is 1. The third-order valence-corrected chi connectivity index (χ3v) is 3.77. The molecule has 0 fully saturated rings. The largest absolute Gasteiger partial charge is 0.494 e. The van der Waals surface area contributed by atoms with Crippen LogP contribution in [-0.2, 0) is 0 Å². The number of nitrogen functional groups attached to an aromatic ring is 1. The summed E-state index contributed by atoms with van der Waals surface area (Å²) in [6.07, 6.45) is 1.57. The molecule has 4 N–H and O–H groups in total. The zero-order valence-electron chi connectivity index (χ0n) is 11.3. The quantitative estimate of drug-likeness (QED) is 0.691. The Hall–Kier alpha value is -2.54. The molecule has 7 heteroatoms. The second kappa shape index (κ2) is 5.45. The minimum Gasteiger partial charge on any atom is -0.494 e. The summed E-state index contributed by atoms with van der Waals surface area (Å²) in [5.74, 6) is 0.527. The fraction of sp³-hybridized carbons (Fsp3) is 0.143. The summed E-state index contributed by atoms with van der Waals surface area (Å²) in [7, 11) is 0. The summed E-state index contributed by atoms with van der Waals surface area (Å²) < 4.78 is 6.41. The number of hydrogen-bond donors (Lipinski definition) is 3. The molecule has 1 aromatic carbocycles. The van der Waals surface area contributed by atoms with Gasteiger partial charge in [0.25, 0.3) is 5.91 Å². The van der Waals surface area contributed by atoms with Crippen LogP contribution in [0.3, 0.4) is 0 Å². The van der Waals surface area contributed by atoms with E-state index >= 15 is 0 Å². The van der Waals surface area contributed by atoms with Crippen molar-refractivity contribution in [3.05, 3.63) is 36.2 Å². The van der Waals surface area contributed by atoms with Gasteiger partial charge in [-0.1, -0.05) is 11.3 Å². The number of nitrogens with two attached hydrogens (primary N) is 1. The van der Waals surface area contributed by atoms with Crippen molar-refractivity contribution in [2.24, 2.45) is 0 Å². The van der Waals surface area contributed by atoms with E-state index in [2.05, 4.69) is 15.3 Å². The number of carbonyl (C=O) groups is 1. The minimum absolute atomic E-state index is 0.268. The Bertz CT molecular complexity index is 793. The van der Waals surface area contributed by atoms with Crippen LogP contribution < -0.4 is 15.8 Å².